The van der Waals surface area contributed by atoms with E-state index >= 15 is 0 Å². The van der Waals surface area contributed by atoms with E-state index < -0.39 is 11.7 Å². The smallest absolute Gasteiger partial charge is 0.417 e. The van der Waals surface area contributed by atoms with Gasteiger partial charge in [-0.1, -0.05) is 13.0 Å². The van der Waals surface area contributed by atoms with Crippen LogP contribution >= 0.6 is 11.8 Å². The van der Waals surface area contributed by atoms with Crippen molar-refractivity contribution in [2.45, 2.75) is 24.4 Å². The quantitative estimate of drug-likeness (QED) is 0.575. The van der Waals surface area contributed by atoms with E-state index in [4.69, 9.17) is 9.47 Å². The molecular formula is C12H15F3O2S. The molecule has 0 heterocycles. The number of alkyl halides is 3. The first kappa shape index (κ1) is 15.2. The summed E-state index contributed by atoms with van der Waals surface area (Å²) >= 11 is 1.15. The lowest BCUT2D eigenvalue weighted by molar-refractivity contribution is -0.140. The maximum absolute atomic E-state index is 12.9. The molecule has 6 heteroatoms. The second kappa shape index (κ2) is 6.89. The summed E-state index contributed by atoms with van der Waals surface area (Å²) in [6, 6.07) is 3.92. The Bertz CT molecular complexity index is 380. The molecule has 1 rings (SSSR count). The fraction of sp³-hybridized carbons (Fsp3) is 0.500. The van der Waals surface area contributed by atoms with Crippen molar-refractivity contribution < 1.29 is 22.6 Å². The molecule has 0 atom stereocenters. The minimum absolute atomic E-state index is 0.0685. The Morgan fingerprint density at radius 1 is 1.28 bits per heavy atom. The minimum Gasteiger partial charge on any atom is -0.466 e. The van der Waals surface area contributed by atoms with Crippen LogP contribution in [0.4, 0.5) is 13.2 Å². The number of thioether (sulfide) groups is 1. The third-order valence-electron chi connectivity index (χ3n) is 2.07. The highest BCUT2D eigenvalue weighted by molar-refractivity contribution is 7.99. The van der Waals surface area contributed by atoms with Crippen molar-refractivity contribution >= 4 is 11.8 Å². The molecule has 0 saturated carbocycles. The van der Waals surface area contributed by atoms with Crippen LogP contribution in [0.2, 0.25) is 0 Å². The first-order chi connectivity index (χ1) is 8.50. The lowest BCUT2D eigenvalue weighted by Crippen LogP contribution is -2.09. The lowest BCUT2D eigenvalue weighted by atomic mass is 10.2. The van der Waals surface area contributed by atoms with Gasteiger partial charge in [-0.05, 0) is 24.3 Å². The largest absolute Gasteiger partial charge is 0.466 e. The summed E-state index contributed by atoms with van der Waals surface area (Å²) in [4.78, 5) is 0.129. The Morgan fingerprint density at radius 2 is 2.00 bits per heavy atom. The number of hydrogen-bond donors (Lipinski definition) is 0. The van der Waals surface area contributed by atoms with Crippen molar-refractivity contribution in [3.8, 4) is 5.75 Å². The van der Waals surface area contributed by atoms with E-state index in [2.05, 4.69) is 0 Å². The van der Waals surface area contributed by atoms with Crippen LogP contribution in [-0.2, 0) is 10.9 Å². The molecule has 0 radical (unpaired) electrons. The summed E-state index contributed by atoms with van der Waals surface area (Å²) in [5.41, 5.74) is -0.658. The van der Waals surface area contributed by atoms with Crippen LogP contribution in [0.3, 0.4) is 0 Å². The van der Waals surface area contributed by atoms with Crippen LogP contribution in [0.1, 0.15) is 18.9 Å². The van der Waals surface area contributed by atoms with Crippen LogP contribution in [0.15, 0.2) is 23.1 Å². The molecule has 102 valence electrons. The molecule has 0 spiro atoms. The maximum atomic E-state index is 12.9. The summed E-state index contributed by atoms with van der Waals surface area (Å²) in [7, 11) is 1.42. The van der Waals surface area contributed by atoms with Gasteiger partial charge in [0.15, 0.2) is 6.79 Å². The highest BCUT2D eigenvalue weighted by Crippen LogP contribution is 2.41. The SMILES string of the molecule is CCCSc1c(OCOC)cccc1C(F)(F)F. The van der Waals surface area contributed by atoms with E-state index in [1.54, 1.807) is 0 Å². The molecule has 0 aromatic heterocycles. The number of rotatable bonds is 6. The summed E-state index contributed by atoms with van der Waals surface area (Å²) in [5, 5.41) is 0. The standard InChI is InChI=1S/C12H15F3O2S/c1-3-7-18-11-9(12(13,14)15)5-4-6-10(11)17-8-16-2/h4-6H,3,7-8H2,1-2H3. The zero-order valence-electron chi connectivity index (χ0n) is 10.2. The van der Waals surface area contributed by atoms with Crippen molar-refractivity contribution in [2.24, 2.45) is 0 Å². The van der Waals surface area contributed by atoms with Crippen molar-refractivity contribution in [2.75, 3.05) is 19.7 Å². The Hall–Kier alpha value is -0.880. The van der Waals surface area contributed by atoms with E-state index in [1.807, 2.05) is 6.92 Å². The van der Waals surface area contributed by atoms with Gasteiger partial charge in [-0.15, -0.1) is 11.8 Å². The molecule has 0 aliphatic carbocycles. The summed E-state index contributed by atoms with van der Waals surface area (Å²) < 4.78 is 48.5. The average Bonchev–Trinajstić information content (AvgIpc) is 2.32. The lowest BCUT2D eigenvalue weighted by Gasteiger charge is -2.16. The molecule has 0 saturated heterocycles. The predicted octanol–water partition coefficient (Wildman–Crippen LogP) is 4.19. The van der Waals surface area contributed by atoms with Crippen LogP contribution in [0.25, 0.3) is 0 Å². The number of ether oxygens (including phenoxy) is 2. The van der Waals surface area contributed by atoms with E-state index in [9.17, 15) is 13.2 Å². The molecule has 0 aliphatic rings. The average molecular weight is 280 g/mol. The van der Waals surface area contributed by atoms with Crippen LogP contribution < -0.4 is 4.74 Å². The van der Waals surface area contributed by atoms with Gasteiger partial charge in [0, 0.05) is 7.11 Å². The van der Waals surface area contributed by atoms with Crippen molar-refractivity contribution in [1.29, 1.82) is 0 Å². The molecule has 0 aliphatic heterocycles. The highest BCUT2D eigenvalue weighted by Gasteiger charge is 2.34. The number of hydrogen-bond acceptors (Lipinski definition) is 3. The predicted molar refractivity (Wildman–Crippen MR) is 65.0 cm³/mol. The molecule has 0 bridgehead atoms. The molecule has 0 amide bonds. The van der Waals surface area contributed by atoms with Crippen molar-refractivity contribution in [3.63, 3.8) is 0 Å². The van der Waals surface area contributed by atoms with Gasteiger partial charge in [-0.25, -0.2) is 0 Å². The molecule has 0 unspecified atom stereocenters. The number of benzene rings is 1. The Labute approximate surface area is 108 Å². The molecule has 1 aromatic carbocycles. The van der Waals surface area contributed by atoms with Gasteiger partial charge >= 0.3 is 6.18 Å². The molecule has 0 fully saturated rings. The van der Waals surface area contributed by atoms with Gasteiger partial charge < -0.3 is 9.47 Å². The summed E-state index contributed by atoms with van der Waals surface area (Å²) in [6.45, 7) is 1.85. The topological polar surface area (TPSA) is 18.5 Å². The molecule has 0 N–H and O–H groups in total. The Balaban J connectivity index is 3.08. The Morgan fingerprint density at radius 3 is 2.56 bits per heavy atom. The van der Waals surface area contributed by atoms with Crippen molar-refractivity contribution in [1.82, 2.24) is 0 Å². The van der Waals surface area contributed by atoms with E-state index in [1.165, 1.54) is 19.2 Å². The first-order valence-electron chi connectivity index (χ1n) is 5.45. The second-order valence-corrected chi connectivity index (χ2v) is 4.64. The summed E-state index contributed by atoms with van der Waals surface area (Å²) in [6.07, 6.45) is -3.58. The monoisotopic (exact) mass is 280 g/mol. The zero-order chi connectivity index (χ0) is 13.6. The van der Waals surface area contributed by atoms with Gasteiger partial charge in [-0.2, -0.15) is 13.2 Å². The van der Waals surface area contributed by atoms with Gasteiger partial charge in [0.05, 0.1) is 10.5 Å². The highest BCUT2D eigenvalue weighted by atomic mass is 32.2. The minimum atomic E-state index is -4.37. The first-order valence-corrected chi connectivity index (χ1v) is 6.44. The van der Waals surface area contributed by atoms with Crippen LogP contribution in [0.5, 0.6) is 5.75 Å². The van der Waals surface area contributed by atoms with Gasteiger partial charge in [0.1, 0.15) is 5.75 Å². The maximum Gasteiger partial charge on any atom is 0.417 e. The Kier molecular flexibility index (Phi) is 5.81. The third-order valence-corrected chi connectivity index (χ3v) is 3.39. The number of halogens is 3. The van der Waals surface area contributed by atoms with Gasteiger partial charge in [-0.3, -0.25) is 0 Å². The van der Waals surface area contributed by atoms with Crippen molar-refractivity contribution in [3.05, 3.63) is 23.8 Å². The van der Waals surface area contributed by atoms with Gasteiger partial charge in [0.2, 0.25) is 0 Å². The fourth-order valence-electron chi connectivity index (χ4n) is 1.33. The van der Waals surface area contributed by atoms with Crippen LogP contribution in [0, 0.1) is 0 Å². The molecule has 18 heavy (non-hydrogen) atoms. The second-order valence-electron chi connectivity index (χ2n) is 3.53. The van der Waals surface area contributed by atoms with E-state index in [0.29, 0.717) is 5.75 Å². The van der Waals surface area contributed by atoms with E-state index in [0.717, 1.165) is 24.2 Å². The molecule has 1 aromatic rings. The number of methoxy groups -OCH3 is 1. The van der Waals surface area contributed by atoms with Gasteiger partial charge in [0.25, 0.3) is 0 Å². The normalized spacial score (nSPS) is 11.6. The zero-order valence-corrected chi connectivity index (χ0v) is 11.0. The van der Waals surface area contributed by atoms with E-state index in [-0.39, 0.29) is 17.4 Å². The van der Waals surface area contributed by atoms with Crippen LogP contribution in [-0.4, -0.2) is 19.7 Å². The third kappa shape index (κ3) is 4.10. The fourth-order valence-corrected chi connectivity index (χ4v) is 2.34. The molecule has 2 nitrogen and oxygen atoms in total. The molecular weight excluding hydrogens is 265 g/mol. The summed E-state index contributed by atoms with van der Waals surface area (Å²) in [5.74, 6) is 0.821.